The Kier molecular flexibility index (Phi) is 5.04. The molecule has 1 aromatic heterocycles. The standard InChI is InChI=1S/C16H27N5/c1-2-17-10-14-11-19-16(12-18-14)21-9-6-15(13-21)20-7-4-3-5-8-20/h11-12,15,17H,2-10,13H2,1H3. The molecule has 0 bridgehead atoms. The Hall–Kier alpha value is -1.20. The molecule has 0 saturated carbocycles. The van der Waals surface area contributed by atoms with Gasteiger partial charge in [-0.05, 0) is 38.9 Å². The van der Waals surface area contributed by atoms with Crippen molar-refractivity contribution in [2.75, 3.05) is 37.6 Å². The van der Waals surface area contributed by atoms with E-state index >= 15 is 0 Å². The first-order valence-corrected chi connectivity index (χ1v) is 8.37. The van der Waals surface area contributed by atoms with Crippen LogP contribution in [0.5, 0.6) is 0 Å². The molecule has 3 rings (SSSR count). The summed E-state index contributed by atoms with van der Waals surface area (Å²) in [6.45, 7) is 8.67. The molecule has 3 heterocycles. The van der Waals surface area contributed by atoms with Crippen LogP contribution < -0.4 is 10.2 Å². The van der Waals surface area contributed by atoms with Gasteiger partial charge < -0.3 is 10.2 Å². The highest BCUT2D eigenvalue weighted by atomic mass is 15.3. The Morgan fingerprint density at radius 2 is 2.00 bits per heavy atom. The van der Waals surface area contributed by atoms with E-state index in [4.69, 9.17) is 0 Å². The number of nitrogens with one attached hydrogen (secondary N) is 1. The Morgan fingerprint density at radius 1 is 1.14 bits per heavy atom. The molecule has 0 amide bonds. The highest BCUT2D eigenvalue weighted by molar-refractivity contribution is 5.37. The monoisotopic (exact) mass is 289 g/mol. The fourth-order valence-electron chi connectivity index (χ4n) is 3.39. The first-order chi connectivity index (χ1) is 10.4. The minimum Gasteiger partial charge on any atom is -0.354 e. The van der Waals surface area contributed by atoms with Gasteiger partial charge in [-0.15, -0.1) is 0 Å². The molecule has 1 unspecified atom stereocenters. The van der Waals surface area contributed by atoms with Gasteiger partial charge >= 0.3 is 0 Å². The number of rotatable bonds is 5. The zero-order chi connectivity index (χ0) is 14.5. The molecule has 0 aliphatic carbocycles. The van der Waals surface area contributed by atoms with Gasteiger partial charge in [-0.1, -0.05) is 13.3 Å². The van der Waals surface area contributed by atoms with Crippen molar-refractivity contribution in [3.63, 3.8) is 0 Å². The van der Waals surface area contributed by atoms with Crippen molar-refractivity contribution in [1.29, 1.82) is 0 Å². The fourth-order valence-corrected chi connectivity index (χ4v) is 3.39. The van der Waals surface area contributed by atoms with Gasteiger partial charge in [0.15, 0.2) is 0 Å². The molecule has 5 nitrogen and oxygen atoms in total. The van der Waals surface area contributed by atoms with E-state index < -0.39 is 0 Å². The molecular weight excluding hydrogens is 262 g/mol. The van der Waals surface area contributed by atoms with E-state index in [-0.39, 0.29) is 0 Å². The number of hydrogen-bond donors (Lipinski definition) is 1. The van der Waals surface area contributed by atoms with Crippen molar-refractivity contribution in [2.24, 2.45) is 0 Å². The molecule has 0 aromatic carbocycles. The van der Waals surface area contributed by atoms with Crippen LogP contribution in [-0.2, 0) is 6.54 Å². The maximum absolute atomic E-state index is 4.60. The third-order valence-electron chi connectivity index (χ3n) is 4.64. The topological polar surface area (TPSA) is 44.3 Å². The molecule has 21 heavy (non-hydrogen) atoms. The van der Waals surface area contributed by atoms with E-state index in [0.717, 1.165) is 37.7 Å². The van der Waals surface area contributed by atoms with Gasteiger partial charge in [-0.25, -0.2) is 4.98 Å². The number of hydrogen-bond acceptors (Lipinski definition) is 5. The lowest BCUT2D eigenvalue weighted by atomic mass is 10.1. The molecule has 2 aliphatic heterocycles. The van der Waals surface area contributed by atoms with Gasteiger partial charge in [0.25, 0.3) is 0 Å². The normalized spacial score (nSPS) is 23.7. The van der Waals surface area contributed by atoms with E-state index in [0.29, 0.717) is 6.04 Å². The van der Waals surface area contributed by atoms with Crippen molar-refractivity contribution in [3.05, 3.63) is 18.1 Å². The number of anilines is 1. The lowest BCUT2D eigenvalue weighted by Crippen LogP contribution is -2.41. The largest absolute Gasteiger partial charge is 0.354 e. The van der Waals surface area contributed by atoms with Crippen molar-refractivity contribution >= 4 is 5.82 Å². The second-order valence-electron chi connectivity index (χ2n) is 6.13. The molecular formula is C16H27N5. The van der Waals surface area contributed by atoms with Crippen LogP contribution in [0.2, 0.25) is 0 Å². The zero-order valence-corrected chi connectivity index (χ0v) is 13.1. The first kappa shape index (κ1) is 14.7. The highest BCUT2D eigenvalue weighted by Crippen LogP contribution is 2.23. The van der Waals surface area contributed by atoms with Crippen LogP contribution in [0.3, 0.4) is 0 Å². The number of likely N-dealkylation sites (tertiary alicyclic amines) is 1. The van der Waals surface area contributed by atoms with Crippen LogP contribution in [0.25, 0.3) is 0 Å². The summed E-state index contributed by atoms with van der Waals surface area (Å²) in [5.74, 6) is 1.04. The van der Waals surface area contributed by atoms with Gasteiger partial charge in [-0.2, -0.15) is 0 Å². The Balaban J connectivity index is 1.55. The Labute approximate surface area is 127 Å². The predicted octanol–water partition coefficient (Wildman–Crippen LogP) is 1.65. The first-order valence-electron chi connectivity index (χ1n) is 8.37. The summed E-state index contributed by atoms with van der Waals surface area (Å²) in [5.41, 5.74) is 1.02. The SMILES string of the molecule is CCNCc1cnc(N2CCC(N3CCCCC3)C2)cn1. The van der Waals surface area contributed by atoms with Crippen molar-refractivity contribution < 1.29 is 0 Å². The zero-order valence-electron chi connectivity index (χ0n) is 13.1. The minimum atomic E-state index is 0.716. The molecule has 2 fully saturated rings. The van der Waals surface area contributed by atoms with Gasteiger partial charge in [0.2, 0.25) is 0 Å². The third kappa shape index (κ3) is 3.71. The maximum atomic E-state index is 4.60. The van der Waals surface area contributed by atoms with Crippen molar-refractivity contribution in [1.82, 2.24) is 20.2 Å². The van der Waals surface area contributed by atoms with E-state index in [1.54, 1.807) is 0 Å². The molecule has 0 spiro atoms. The average Bonchev–Trinajstić information content (AvgIpc) is 3.04. The van der Waals surface area contributed by atoms with E-state index in [1.165, 1.54) is 38.8 Å². The average molecular weight is 289 g/mol. The van der Waals surface area contributed by atoms with Crippen LogP contribution >= 0.6 is 0 Å². The van der Waals surface area contributed by atoms with E-state index in [9.17, 15) is 0 Å². The van der Waals surface area contributed by atoms with Gasteiger partial charge in [0.1, 0.15) is 5.82 Å². The number of piperidine rings is 1. The second-order valence-corrected chi connectivity index (χ2v) is 6.13. The summed E-state index contributed by atoms with van der Waals surface area (Å²) in [5, 5.41) is 3.28. The molecule has 5 heteroatoms. The number of nitrogens with zero attached hydrogens (tertiary/aromatic N) is 4. The van der Waals surface area contributed by atoms with Crippen LogP contribution in [0.15, 0.2) is 12.4 Å². The van der Waals surface area contributed by atoms with Crippen LogP contribution in [-0.4, -0.2) is 53.6 Å². The van der Waals surface area contributed by atoms with Gasteiger partial charge in [0.05, 0.1) is 18.1 Å². The molecule has 2 aliphatic rings. The Bertz CT molecular complexity index is 427. The van der Waals surface area contributed by atoms with E-state index in [2.05, 4.69) is 32.0 Å². The van der Waals surface area contributed by atoms with Gasteiger partial charge in [-0.3, -0.25) is 9.88 Å². The summed E-state index contributed by atoms with van der Waals surface area (Å²) in [6, 6.07) is 0.716. The smallest absolute Gasteiger partial charge is 0.147 e. The van der Waals surface area contributed by atoms with Crippen LogP contribution in [0.4, 0.5) is 5.82 Å². The van der Waals surface area contributed by atoms with Crippen LogP contribution in [0.1, 0.15) is 38.3 Å². The Morgan fingerprint density at radius 3 is 2.71 bits per heavy atom. The minimum absolute atomic E-state index is 0.716. The summed E-state index contributed by atoms with van der Waals surface area (Å²) in [4.78, 5) is 14.2. The lowest BCUT2D eigenvalue weighted by molar-refractivity contribution is 0.175. The van der Waals surface area contributed by atoms with Crippen LogP contribution in [0, 0.1) is 0 Å². The molecule has 116 valence electrons. The fraction of sp³-hybridized carbons (Fsp3) is 0.750. The van der Waals surface area contributed by atoms with E-state index in [1.807, 2.05) is 12.4 Å². The lowest BCUT2D eigenvalue weighted by Gasteiger charge is -2.32. The van der Waals surface area contributed by atoms with Crippen molar-refractivity contribution in [2.45, 2.75) is 45.2 Å². The van der Waals surface area contributed by atoms with Gasteiger partial charge in [0, 0.05) is 25.7 Å². The summed E-state index contributed by atoms with van der Waals surface area (Å²) in [6.07, 6.45) is 9.26. The highest BCUT2D eigenvalue weighted by Gasteiger charge is 2.29. The molecule has 2 saturated heterocycles. The summed E-state index contributed by atoms with van der Waals surface area (Å²) in [7, 11) is 0. The summed E-state index contributed by atoms with van der Waals surface area (Å²) >= 11 is 0. The molecule has 1 N–H and O–H groups in total. The maximum Gasteiger partial charge on any atom is 0.147 e. The summed E-state index contributed by atoms with van der Waals surface area (Å²) < 4.78 is 0. The van der Waals surface area contributed by atoms with Crippen molar-refractivity contribution in [3.8, 4) is 0 Å². The quantitative estimate of drug-likeness (QED) is 0.893. The number of aromatic nitrogens is 2. The predicted molar refractivity (Wildman–Crippen MR) is 85.5 cm³/mol. The third-order valence-corrected chi connectivity index (χ3v) is 4.64. The second kappa shape index (κ2) is 7.18. The molecule has 0 radical (unpaired) electrons. The molecule has 1 atom stereocenters. The molecule has 1 aromatic rings.